The van der Waals surface area contributed by atoms with Crippen LogP contribution in [-0.2, 0) is 0 Å². The number of aryl methyl sites for hydroxylation is 2. The standard InChI is InChI=1S/C12H18ClNO2/c1-6-5-7(2)10(13)12(16-4)9(6)11(15)8(3)14/h5,8,11,15H,14H2,1-4H3. The van der Waals surface area contributed by atoms with Crippen molar-refractivity contribution in [1.82, 2.24) is 0 Å². The van der Waals surface area contributed by atoms with E-state index in [0.29, 0.717) is 16.3 Å². The van der Waals surface area contributed by atoms with E-state index in [9.17, 15) is 5.11 Å². The molecule has 2 unspecified atom stereocenters. The fourth-order valence-corrected chi connectivity index (χ4v) is 2.01. The van der Waals surface area contributed by atoms with Crippen molar-refractivity contribution in [2.45, 2.75) is 32.9 Å². The molecule has 3 N–H and O–H groups in total. The number of halogens is 1. The molecule has 0 fully saturated rings. The molecule has 0 aliphatic carbocycles. The summed E-state index contributed by atoms with van der Waals surface area (Å²) in [6, 6.07) is 1.55. The molecule has 0 aromatic heterocycles. The van der Waals surface area contributed by atoms with Gasteiger partial charge in [-0.2, -0.15) is 0 Å². The third kappa shape index (κ3) is 2.32. The summed E-state index contributed by atoms with van der Waals surface area (Å²) in [6.45, 7) is 5.56. The number of rotatable bonds is 3. The summed E-state index contributed by atoms with van der Waals surface area (Å²) in [6.07, 6.45) is -0.770. The Labute approximate surface area is 101 Å². The molecular weight excluding hydrogens is 226 g/mol. The Balaban J connectivity index is 3.42. The molecule has 0 saturated carbocycles. The van der Waals surface area contributed by atoms with Crippen molar-refractivity contribution in [3.63, 3.8) is 0 Å². The summed E-state index contributed by atoms with van der Waals surface area (Å²) in [5.74, 6) is 0.518. The second-order valence-electron chi connectivity index (χ2n) is 4.08. The summed E-state index contributed by atoms with van der Waals surface area (Å²) in [4.78, 5) is 0. The molecule has 0 aliphatic rings. The number of aliphatic hydroxyl groups excluding tert-OH is 1. The first-order valence-corrected chi connectivity index (χ1v) is 5.55. The number of benzene rings is 1. The van der Waals surface area contributed by atoms with Crippen molar-refractivity contribution in [2.24, 2.45) is 5.73 Å². The lowest BCUT2D eigenvalue weighted by Gasteiger charge is -2.22. The third-order valence-electron chi connectivity index (χ3n) is 2.65. The normalized spacial score (nSPS) is 14.7. The zero-order valence-electron chi connectivity index (χ0n) is 10.0. The van der Waals surface area contributed by atoms with Crippen LogP contribution < -0.4 is 10.5 Å². The number of aliphatic hydroxyl groups is 1. The van der Waals surface area contributed by atoms with Crippen LogP contribution in [0.4, 0.5) is 0 Å². The minimum Gasteiger partial charge on any atom is -0.495 e. The van der Waals surface area contributed by atoms with Gasteiger partial charge in [-0.3, -0.25) is 0 Å². The van der Waals surface area contributed by atoms with Gasteiger partial charge in [0.1, 0.15) is 5.75 Å². The largest absolute Gasteiger partial charge is 0.495 e. The molecule has 90 valence electrons. The van der Waals surface area contributed by atoms with Gasteiger partial charge in [0.05, 0.1) is 18.2 Å². The van der Waals surface area contributed by atoms with Crippen molar-refractivity contribution in [2.75, 3.05) is 7.11 Å². The van der Waals surface area contributed by atoms with E-state index in [2.05, 4.69) is 0 Å². The van der Waals surface area contributed by atoms with Crippen LogP contribution in [0.5, 0.6) is 5.75 Å². The molecule has 0 radical (unpaired) electrons. The summed E-state index contributed by atoms with van der Waals surface area (Å²) >= 11 is 6.14. The molecule has 0 heterocycles. The zero-order chi connectivity index (χ0) is 12.5. The van der Waals surface area contributed by atoms with E-state index in [1.54, 1.807) is 6.92 Å². The number of methoxy groups -OCH3 is 1. The first kappa shape index (κ1) is 13.3. The first-order valence-electron chi connectivity index (χ1n) is 5.17. The fourth-order valence-electron chi connectivity index (χ4n) is 1.77. The number of ether oxygens (including phenoxy) is 1. The highest BCUT2D eigenvalue weighted by Gasteiger charge is 2.22. The molecule has 4 heteroatoms. The van der Waals surface area contributed by atoms with Crippen molar-refractivity contribution >= 4 is 11.6 Å². The van der Waals surface area contributed by atoms with E-state index >= 15 is 0 Å². The van der Waals surface area contributed by atoms with Crippen LogP contribution in [0.1, 0.15) is 29.7 Å². The van der Waals surface area contributed by atoms with Gasteiger partial charge < -0.3 is 15.6 Å². The van der Waals surface area contributed by atoms with E-state index in [1.807, 2.05) is 19.9 Å². The van der Waals surface area contributed by atoms with Crippen LogP contribution in [0.2, 0.25) is 5.02 Å². The Bertz CT molecular complexity index is 391. The fraction of sp³-hybridized carbons (Fsp3) is 0.500. The van der Waals surface area contributed by atoms with Crippen LogP contribution in [0.25, 0.3) is 0 Å². The molecule has 1 aromatic rings. The van der Waals surface area contributed by atoms with Gasteiger partial charge in [0.15, 0.2) is 0 Å². The number of hydrogen-bond donors (Lipinski definition) is 2. The highest BCUT2D eigenvalue weighted by molar-refractivity contribution is 6.33. The van der Waals surface area contributed by atoms with Crippen molar-refractivity contribution in [3.8, 4) is 5.75 Å². The second kappa shape index (κ2) is 5.04. The monoisotopic (exact) mass is 243 g/mol. The maximum atomic E-state index is 10.0. The van der Waals surface area contributed by atoms with E-state index in [0.717, 1.165) is 11.1 Å². The topological polar surface area (TPSA) is 55.5 Å². The van der Waals surface area contributed by atoms with Crippen molar-refractivity contribution in [1.29, 1.82) is 0 Å². The predicted molar refractivity (Wildman–Crippen MR) is 66.1 cm³/mol. The zero-order valence-corrected chi connectivity index (χ0v) is 10.8. The van der Waals surface area contributed by atoms with Gasteiger partial charge in [0, 0.05) is 11.6 Å². The van der Waals surface area contributed by atoms with Gasteiger partial charge in [-0.05, 0) is 31.9 Å². The van der Waals surface area contributed by atoms with Crippen LogP contribution >= 0.6 is 11.6 Å². The quantitative estimate of drug-likeness (QED) is 0.857. The third-order valence-corrected chi connectivity index (χ3v) is 3.12. The Morgan fingerprint density at radius 1 is 1.38 bits per heavy atom. The molecule has 16 heavy (non-hydrogen) atoms. The maximum Gasteiger partial charge on any atom is 0.143 e. The van der Waals surface area contributed by atoms with Crippen molar-refractivity contribution in [3.05, 3.63) is 27.8 Å². The molecule has 0 saturated heterocycles. The van der Waals surface area contributed by atoms with Crippen LogP contribution in [-0.4, -0.2) is 18.3 Å². The lowest BCUT2D eigenvalue weighted by molar-refractivity contribution is 0.149. The van der Waals surface area contributed by atoms with Gasteiger partial charge in [-0.1, -0.05) is 17.7 Å². The molecule has 0 amide bonds. The van der Waals surface area contributed by atoms with Gasteiger partial charge >= 0.3 is 0 Å². The Morgan fingerprint density at radius 2 is 1.94 bits per heavy atom. The highest BCUT2D eigenvalue weighted by Crippen LogP contribution is 2.38. The summed E-state index contributed by atoms with van der Waals surface area (Å²) in [5.41, 5.74) is 8.24. The molecule has 1 aromatic carbocycles. The predicted octanol–water partition coefficient (Wildman–Crippen LogP) is 2.35. The lowest BCUT2D eigenvalue weighted by atomic mass is 9.96. The first-order chi connectivity index (χ1) is 7.40. The van der Waals surface area contributed by atoms with Gasteiger partial charge in [0.25, 0.3) is 0 Å². The van der Waals surface area contributed by atoms with E-state index in [4.69, 9.17) is 22.1 Å². The lowest BCUT2D eigenvalue weighted by Crippen LogP contribution is -2.25. The summed E-state index contributed by atoms with van der Waals surface area (Å²) < 4.78 is 5.26. The van der Waals surface area contributed by atoms with Crippen molar-refractivity contribution < 1.29 is 9.84 Å². The maximum absolute atomic E-state index is 10.0. The molecule has 0 aliphatic heterocycles. The highest BCUT2D eigenvalue weighted by atomic mass is 35.5. The van der Waals surface area contributed by atoms with Crippen LogP contribution in [0, 0.1) is 13.8 Å². The number of hydrogen-bond acceptors (Lipinski definition) is 3. The average Bonchev–Trinajstić information content (AvgIpc) is 2.21. The minimum absolute atomic E-state index is 0.369. The van der Waals surface area contributed by atoms with Gasteiger partial charge in [-0.25, -0.2) is 0 Å². The van der Waals surface area contributed by atoms with E-state index in [1.165, 1.54) is 7.11 Å². The Morgan fingerprint density at radius 3 is 2.38 bits per heavy atom. The molecule has 3 nitrogen and oxygen atoms in total. The molecule has 0 bridgehead atoms. The Hall–Kier alpha value is -0.770. The summed E-state index contributed by atoms with van der Waals surface area (Å²) in [7, 11) is 1.54. The molecule has 0 spiro atoms. The second-order valence-corrected chi connectivity index (χ2v) is 4.45. The van der Waals surface area contributed by atoms with E-state index in [-0.39, 0.29) is 6.04 Å². The molecule has 1 rings (SSSR count). The summed E-state index contributed by atoms with van der Waals surface area (Å²) in [5, 5.41) is 10.6. The average molecular weight is 244 g/mol. The number of nitrogens with two attached hydrogens (primary N) is 1. The SMILES string of the molecule is COc1c(Cl)c(C)cc(C)c1C(O)C(C)N. The van der Waals surface area contributed by atoms with Crippen LogP contribution in [0.15, 0.2) is 6.07 Å². The van der Waals surface area contributed by atoms with Gasteiger partial charge in [0.2, 0.25) is 0 Å². The molecular formula is C12H18ClNO2. The van der Waals surface area contributed by atoms with Gasteiger partial charge in [-0.15, -0.1) is 0 Å². The Kier molecular flexibility index (Phi) is 4.19. The smallest absolute Gasteiger partial charge is 0.143 e. The molecule has 2 atom stereocenters. The minimum atomic E-state index is -0.770. The van der Waals surface area contributed by atoms with E-state index < -0.39 is 6.10 Å². The van der Waals surface area contributed by atoms with Crippen LogP contribution in [0.3, 0.4) is 0 Å².